The van der Waals surface area contributed by atoms with Gasteiger partial charge in [0, 0.05) is 16.8 Å². The van der Waals surface area contributed by atoms with Gasteiger partial charge in [-0.15, -0.1) is 0 Å². The third-order valence-electron chi connectivity index (χ3n) is 3.70. The predicted octanol–water partition coefficient (Wildman–Crippen LogP) is 2.56. The Morgan fingerprint density at radius 1 is 1.31 bits per heavy atom. The summed E-state index contributed by atoms with van der Waals surface area (Å²) in [5.41, 5.74) is 0.671. The number of rotatable bonds is 8. The Morgan fingerprint density at radius 2 is 1.96 bits per heavy atom. The molecule has 0 aliphatic carbocycles. The molecule has 2 rings (SSSR count). The third kappa shape index (κ3) is 5.37. The Kier molecular flexibility index (Phi) is 6.93. The lowest BCUT2D eigenvalue weighted by Gasteiger charge is -2.18. The Hall–Kier alpha value is -1.75. The number of nitrogens with one attached hydrogen (secondary N) is 3. The predicted molar refractivity (Wildman–Crippen MR) is 105 cm³/mol. The molecule has 0 saturated carbocycles. The minimum Gasteiger partial charge on any atom is -0.395 e. The maximum atomic E-state index is 12.1. The average Bonchev–Trinajstić information content (AvgIpc) is 2.58. The lowest BCUT2D eigenvalue weighted by Crippen LogP contribution is -2.28. The molecule has 0 aliphatic heterocycles. The maximum Gasteiger partial charge on any atom is 0.229 e. The van der Waals surface area contributed by atoms with Gasteiger partial charge in [0.05, 0.1) is 38.7 Å². The molecule has 2 aromatic rings. The topological polar surface area (TPSA) is 131 Å². The van der Waals surface area contributed by atoms with E-state index in [-0.39, 0.29) is 18.4 Å². The fourth-order valence-corrected chi connectivity index (χ4v) is 3.37. The van der Waals surface area contributed by atoms with Crippen LogP contribution in [0.1, 0.15) is 13.8 Å². The zero-order chi connectivity index (χ0) is 19.3. The molecule has 0 aliphatic rings. The highest BCUT2D eigenvalue weighted by Crippen LogP contribution is 2.23. The van der Waals surface area contributed by atoms with E-state index in [2.05, 4.69) is 36.5 Å². The molecular formula is C16H22BrN5O3S. The first-order valence-electron chi connectivity index (χ1n) is 7.94. The van der Waals surface area contributed by atoms with E-state index in [1.165, 1.54) is 0 Å². The van der Waals surface area contributed by atoms with Crippen molar-refractivity contribution >= 4 is 43.1 Å². The highest BCUT2D eigenvalue weighted by molar-refractivity contribution is 9.10. The van der Waals surface area contributed by atoms with E-state index < -0.39 is 15.8 Å². The molecule has 0 bridgehead atoms. The molecule has 0 fully saturated rings. The van der Waals surface area contributed by atoms with Crippen molar-refractivity contribution in [2.24, 2.45) is 0 Å². The second-order valence-electron chi connectivity index (χ2n) is 5.82. The van der Waals surface area contributed by atoms with Crippen LogP contribution in [0.5, 0.6) is 0 Å². The summed E-state index contributed by atoms with van der Waals surface area (Å²) in [4.78, 5) is 8.92. The molecular weight excluding hydrogens is 422 g/mol. The van der Waals surface area contributed by atoms with Crippen LogP contribution < -0.4 is 10.6 Å². The SMILES string of the molecule is CC(O)[C@@H](C)Nc1nc(Nc2ccc(S(=N)(=O)CCO)cc2)ncc1Br. The van der Waals surface area contributed by atoms with E-state index in [0.29, 0.717) is 26.8 Å². The summed E-state index contributed by atoms with van der Waals surface area (Å²) in [5, 5.41) is 24.7. The van der Waals surface area contributed by atoms with Gasteiger partial charge in [-0.25, -0.2) is 14.0 Å². The quantitative estimate of drug-likeness (QED) is 0.423. The molecule has 5 N–H and O–H groups in total. The van der Waals surface area contributed by atoms with Crippen molar-refractivity contribution in [3.05, 3.63) is 34.9 Å². The van der Waals surface area contributed by atoms with Crippen molar-refractivity contribution < 1.29 is 14.4 Å². The van der Waals surface area contributed by atoms with E-state index >= 15 is 0 Å². The maximum absolute atomic E-state index is 12.1. The van der Waals surface area contributed by atoms with Gasteiger partial charge >= 0.3 is 0 Å². The molecule has 1 aromatic carbocycles. The fourth-order valence-electron chi connectivity index (χ4n) is 2.00. The van der Waals surface area contributed by atoms with Gasteiger partial charge in [-0.1, -0.05) is 0 Å². The number of aromatic nitrogens is 2. The lowest BCUT2D eigenvalue weighted by molar-refractivity contribution is 0.177. The van der Waals surface area contributed by atoms with E-state index in [1.807, 2.05) is 6.92 Å². The first-order valence-corrected chi connectivity index (χ1v) is 10.5. The van der Waals surface area contributed by atoms with Crippen molar-refractivity contribution in [1.29, 1.82) is 4.78 Å². The van der Waals surface area contributed by atoms with Crippen LogP contribution in [0.25, 0.3) is 0 Å². The number of nitrogens with zero attached hydrogens (tertiary/aromatic N) is 2. The van der Waals surface area contributed by atoms with Crippen molar-refractivity contribution in [2.45, 2.75) is 30.9 Å². The van der Waals surface area contributed by atoms with Crippen molar-refractivity contribution in [3.8, 4) is 0 Å². The fraction of sp³-hybridized carbons (Fsp3) is 0.375. The van der Waals surface area contributed by atoms with Gasteiger partial charge in [0.2, 0.25) is 5.95 Å². The van der Waals surface area contributed by atoms with Crippen molar-refractivity contribution in [3.63, 3.8) is 0 Å². The Morgan fingerprint density at radius 3 is 2.54 bits per heavy atom. The van der Waals surface area contributed by atoms with Gasteiger partial charge in [-0.3, -0.25) is 0 Å². The molecule has 0 amide bonds. The smallest absolute Gasteiger partial charge is 0.229 e. The molecule has 10 heteroatoms. The van der Waals surface area contributed by atoms with Crippen LogP contribution >= 0.6 is 15.9 Å². The first kappa shape index (κ1) is 20.6. The highest BCUT2D eigenvalue weighted by Gasteiger charge is 2.13. The molecule has 0 spiro atoms. The number of hydrogen-bond donors (Lipinski definition) is 5. The van der Waals surface area contributed by atoms with Crippen LogP contribution in [-0.2, 0) is 9.73 Å². The Bertz CT molecular complexity index is 843. The van der Waals surface area contributed by atoms with Crippen LogP contribution in [0.4, 0.5) is 17.5 Å². The molecule has 3 atom stereocenters. The molecule has 0 radical (unpaired) electrons. The van der Waals surface area contributed by atoms with Gasteiger partial charge in [0.15, 0.2) is 0 Å². The van der Waals surface area contributed by atoms with E-state index in [0.717, 1.165) is 0 Å². The van der Waals surface area contributed by atoms with Crippen LogP contribution in [0.3, 0.4) is 0 Å². The van der Waals surface area contributed by atoms with E-state index in [1.54, 1.807) is 37.4 Å². The van der Waals surface area contributed by atoms with Gasteiger partial charge in [0.25, 0.3) is 0 Å². The second kappa shape index (κ2) is 8.76. The molecule has 26 heavy (non-hydrogen) atoms. The lowest BCUT2D eigenvalue weighted by atomic mass is 10.2. The summed E-state index contributed by atoms with van der Waals surface area (Å²) in [6, 6.07) is 6.34. The summed E-state index contributed by atoms with van der Waals surface area (Å²) >= 11 is 3.37. The highest BCUT2D eigenvalue weighted by atomic mass is 79.9. The molecule has 2 unspecified atom stereocenters. The largest absolute Gasteiger partial charge is 0.395 e. The van der Waals surface area contributed by atoms with Crippen LogP contribution in [-0.4, -0.2) is 48.9 Å². The average molecular weight is 444 g/mol. The van der Waals surface area contributed by atoms with Crippen LogP contribution in [0.2, 0.25) is 0 Å². The third-order valence-corrected chi connectivity index (χ3v) is 6.07. The number of aliphatic hydroxyl groups excluding tert-OH is 2. The van der Waals surface area contributed by atoms with Gasteiger partial charge in [-0.2, -0.15) is 4.98 Å². The second-order valence-corrected chi connectivity index (χ2v) is 8.90. The van der Waals surface area contributed by atoms with Gasteiger partial charge in [-0.05, 0) is 54.0 Å². The number of aliphatic hydroxyl groups is 2. The number of benzene rings is 1. The van der Waals surface area contributed by atoms with E-state index in [9.17, 15) is 9.32 Å². The summed E-state index contributed by atoms with van der Waals surface area (Å²) in [6.07, 6.45) is 1.05. The van der Waals surface area contributed by atoms with Crippen LogP contribution in [0.15, 0.2) is 39.8 Å². The number of anilines is 3. The number of hydrogen-bond acceptors (Lipinski definition) is 8. The summed E-state index contributed by atoms with van der Waals surface area (Å²) in [7, 11) is -2.98. The van der Waals surface area contributed by atoms with Crippen molar-refractivity contribution in [1.82, 2.24) is 9.97 Å². The van der Waals surface area contributed by atoms with E-state index in [4.69, 9.17) is 9.89 Å². The summed E-state index contributed by atoms with van der Waals surface area (Å²) in [5.74, 6) is 0.805. The Balaban J connectivity index is 2.16. The standard InChI is InChI=1S/C16H22BrN5O3S/c1-10(11(2)24)20-15-14(17)9-19-16(22-15)21-12-3-5-13(6-4-12)26(18,25)8-7-23/h3-6,9-11,18,23-24H,7-8H2,1-2H3,(H2,19,20,21,22)/t10-,11?,26?/m1/s1. The monoisotopic (exact) mass is 443 g/mol. The van der Waals surface area contributed by atoms with Gasteiger partial charge in [0.1, 0.15) is 5.82 Å². The zero-order valence-corrected chi connectivity index (χ0v) is 16.8. The molecule has 1 aromatic heterocycles. The normalized spacial score (nSPS) is 15.7. The minimum atomic E-state index is -2.98. The molecule has 1 heterocycles. The van der Waals surface area contributed by atoms with Gasteiger partial charge < -0.3 is 20.8 Å². The van der Waals surface area contributed by atoms with Crippen molar-refractivity contribution in [2.75, 3.05) is 23.0 Å². The van der Waals surface area contributed by atoms with Crippen LogP contribution in [0, 0.1) is 4.78 Å². The Labute approximate surface area is 161 Å². The molecule has 142 valence electrons. The molecule has 8 nitrogen and oxygen atoms in total. The first-order chi connectivity index (χ1) is 12.2. The summed E-state index contributed by atoms with van der Waals surface area (Å²) < 4.78 is 20.6. The minimum absolute atomic E-state index is 0.0912. The summed E-state index contributed by atoms with van der Waals surface area (Å²) in [6.45, 7) is 3.24. The molecule has 0 saturated heterocycles. The zero-order valence-electron chi connectivity index (χ0n) is 14.4. The number of halogens is 1.